The highest BCUT2D eigenvalue weighted by Crippen LogP contribution is 2.23. The van der Waals surface area contributed by atoms with Gasteiger partial charge in [-0.15, -0.1) is 0 Å². The predicted octanol–water partition coefficient (Wildman–Crippen LogP) is 2.03. The molecule has 0 radical (unpaired) electrons. The second-order valence-corrected chi connectivity index (χ2v) is 6.89. The van der Waals surface area contributed by atoms with Crippen molar-refractivity contribution in [1.82, 2.24) is 19.6 Å². The second kappa shape index (κ2) is 7.27. The van der Waals surface area contributed by atoms with Crippen molar-refractivity contribution in [1.29, 1.82) is 0 Å². The number of likely N-dealkylation sites (tertiary alicyclic amines) is 2. The third kappa shape index (κ3) is 4.09. The third-order valence-corrected chi connectivity index (χ3v) is 4.99. The number of piperidine rings is 1. The summed E-state index contributed by atoms with van der Waals surface area (Å²) in [6.45, 7) is 5.26. The molecule has 1 aromatic heterocycles. The summed E-state index contributed by atoms with van der Waals surface area (Å²) in [5.74, 6) is 1.05. The van der Waals surface area contributed by atoms with Gasteiger partial charge in [-0.25, -0.2) is 0 Å². The first-order valence-electron chi connectivity index (χ1n) is 8.68. The minimum absolute atomic E-state index is 0.377. The molecule has 22 heavy (non-hydrogen) atoms. The molecule has 0 saturated carbocycles. The highest BCUT2D eigenvalue weighted by Gasteiger charge is 2.23. The molecule has 2 saturated heterocycles. The van der Waals surface area contributed by atoms with Crippen LogP contribution in [0.4, 0.5) is 0 Å². The van der Waals surface area contributed by atoms with E-state index in [0.717, 1.165) is 39.0 Å². The Morgan fingerprint density at radius 1 is 1.27 bits per heavy atom. The molecule has 5 heteroatoms. The normalized spacial score (nSPS) is 23.1. The van der Waals surface area contributed by atoms with E-state index in [0.29, 0.717) is 11.8 Å². The largest absolute Gasteiger partial charge is 0.343 e. The molecule has 5 nitrogen and oxygen atoms in total. The summed E-state index contributed by atoms with van der Waals surface area (Å²) >= 11 is 0. The summed E-state index contributed by atoms with van der Waals surface area (Å²) in [7, 11) is 1.96. The first kappa shape index (κ1) is 15.5. The number of aromatic nitrogens is 2. The molecule has 2 aliphatic rings. The number of carbonyl (C=O) groups excluding carboxylic acids is 1. The van der Waals surface area contributed by atoms with E-state index in [2.05, 4.69) is 21.1 Å². The number of rotatable bonds is 5. The van der Waals surface area contributed by atoms with Crippen LogP contribution in [0.15, 0.2) is 12.4 Å². The summed E-state index contributed by atoms with van der Waals surface area (Å²) in [6, 6.07) is 0. The maximum Gasteiger partial charge on any atom is 0.222 e. The number of aryl methyl sites for hydroxylation is 1. The van der Waals surface area contributed by atoms with Crippen molar-refractivity contribution in [3.63, 3.8) is 0 Å². The lowest BCUT2D eigenvalue weighted by Gasteiger charge is -2.32. The average molecular weight is 304 g/mol. The molecule has 0 unspecified atom stereocenters. The van der Waals surface area contributed by atoms with Crippen LogP contribution in [0.5, 0.6) is 0 Å². The SMILES string of the molecule is Cn1cc(CN2CCC[C@H](CCC(=O)N3CCCC3)C2)cn1. The molecule has 1 aromatic rings. The van der Waals surface area contributed by atoms with Crippen molar-refractivity contribution in [2.24, 2.45) is 13.0 Å². The molecule has 3 heterocycles. The van der Waals surface area contributed by atoms with Crippen LogP contribution in [0.25, 0.3) is 0 Å². The fourth-order valence-electron chi connectivity index (χ4n) is 3.79. The standard InChI is InChI=1S/C17H28N4O/c1-19-12-16(11-18-19)14-20-8-4-5-15(13-20)6-7-17(22)21-9-2-3-10-21/h11-12,15H,2-10,13-14H2,1H3/t15-/m1/s1. The van der Waals surface area contributed by atoms with Crippen LogP contribution in [-0.4, -0.2) is 51.7 Å². The van der Waals surface area contributed by atoms with Crippen molar-refractivity contribution in [3.8, 4) is 0 Å². The van der Waals surface area contributed by atoms with Gasteiger partial charge < -0.3 is 4.90 Å². The van der Waals surface area contributed by atoms with E-state index in [4.69, 9.17) is 0 Å². The number of hydrogen-bond acceptors (Lipinski definition) is 3. The summed E-state index contributed by atoms with van der Waals surface area (Å²) in [6.07, 6.45) is 10.8. The number of hydrogen-bond donors (Lipinski definition) is 0. The first-order valence-corrected chi connectivity index (χ1v) is 8.68. The zero-order valence-corrected chi connectivity index (χ0v) is 13.7. The molecule has 122 valence electrons. The fraction of sp³-hybridized carbons (Fsp3) is 0.765. The number of nitrogens with zero attached hydrogens (tertiary/aromatic N) is 4. The van der Waals surface area contributed by atoms with Crippen LogP contribution in [0.1, 0.15) is 44.1 Å². The lowest BCUT2D eigenvalue weighted by molar-refractivity contribution is -0.130. The van der Waals surface area contributed by atoms with Gasteiger partial charge in [0.2, 0.25) is 5.91 Å². The van der Waals surface area contributed by atoms with Crippen molar-refractivity contribution < 1.29 is 4.79 Å². The minimum atomic E-state index is 0.377. The molecule has 2 fully saturated rings. The molecule has 0 N–H and O–H groups in total. The van der Waals surface area contributed by atoms with Gasteiger partial charge in [0.25, 0.3) is 0 Å². The van der Waals surface area contributed by atoms with Crippen molar-refractivity contribution >= 4 is 5.91 Å². The van der Waals surface area contributed by atoms with Crippen LogP contribution in [-0.2, 0) is 18.4 Å². The Labute approximate surface area is 133 Å². The van der Waals surface area contributed by atoms with Gasteiger partial charge in [-0.2, -0.15) is 5.10 Å². The Hall–Kier alpha value is -1.36. The molecule has 1 atom stereocenters. The molecular formula is C17H28N4O. The Morgan fingerprint density at radius 3 is 2.82 bits per heavy atom. The predicted molar refractivity (Wildman–Crippen MR) is 86.3 cm³/mol. The van der Waals surface area contributed by atoms with Crippen molar-refractivity contribution in [2.75, 3.05) is 26.2 Å². The van der Waals surface area contributed by atoms with Crippen LogP contribution in [0.2, 0.25) is 0 Å². The topological polar surface area (TPSA) is 41.4 Å². The number of amides is 1. The fourth-order valence-corrected chi connectivity index (χ4v) is 3.79. The van der Waals surface area contributed by atoms with Crippen molar-refractivity contribution in [2.45, 2.75) is 45.1 Å². The van der Waals surface area contributed by atoms with Crippen LogP contribution < -0.4 is 0 Å². The van der Waals surface area contributed by atoms with Gasteiger partial charge in [0.15, 0.2) is 0 Å². The van der Waals surface area contributed by atoms with E-state index in [1.807, 2.05) is 17.9 Å². The summed E-state index contributed by atoms with van der Waals surface area (Å²) in [4.78, 5) is 16.7. The Balaban J connectivity index is 1.43. The van der Waals surface area contributed by atoms with E-state index >= 15 is 0 Å². The lowest BCUT2D eigenvalue weighted by atomic mass is 9.93. The Kier molecular flexibility index (Phi) is 5.13. The van der Waals surface area contributed by atoms with Gasteiger partial charge in [0.05, 0.1) is 6.20 Å². The second-order valence-electron chi connectivity index (χ2n) is 6.89. The van der Waals surface area contributed by atoms with E-state index in [1.54, 1.807) is 0 Å². The van der Waals surface area contributed by atoms with Crippen LogP contribution in [0, 0.1) is 5.92 Å². The molecule has 0 bridgehead atoms. The van der Waals surface area contributed by atoms with Crippen LogP contribution in [0.3, 0.4) is 0 Å². The average Bonchev–Trinajstić information content (AvgIpc) is 3.17. The highest BCUT2D eigenvalue weighted by molar-refractivity contribution is 5.76. The Bertz CT molecular complexity index is 493. The molecule has 0 spiro atoms. The van der Waals surface area contributed by atoms with E-state index in [-0.39, 0.29) is 0 Å². The molecule has 3 rings (SSSR count). The minimum Gasteiger partial charge on any atom is -0.343 e. The van der Waals surface area contributed by atoms with Gasteiger partial charge in [0, 0.05) is 51.4 Å². The van der Waals surface area contributed by atoms with E-state index in [9.17, 15) is 4.79 Å². The molecule has 0 aromatic carbocycles. The Morgan fingerprint density at radius 2 is 2.09 bits per heavy atom. The maximum absolute atomic E-state index is 12.2. The van der Waals surface area contributed by atoms with Gasteiger partial charge >= 0.3 is 0 Å². The van der Waals surface area contributed by atoms with E-state index in [1.165, 1.54) is 37.8 Å². The van der Waals surface area contributed by atoms with E-state index < -0.39 is 0 Å². The van der Waals surface area contributed by atoms with Gasteiger partial charge in [-0.3, -0.25) is 14.4 Å². The maximum atomic E-state index is 12.2. The van der Waals surface area contributed by atoms with Crippen molar-refractivity contribution in [3.05, 3.63) is 18.0 Å². The monoisotopic (exact) mass is 304 g/mol. The third-order valence-electron chi connectivity index (χ3n) is 4.99. The molecule has 1 amide bonds. The summed E-state index contributed by atoms with van der Waals surface area (Å²) in [5.41, 5.74) is 1.29. The zero-order chi connectivity index (χ0) is 15.4. The van der Waals surface area contributed by atoms with Gasteiger partial charge in [-0.05, 0) is 44.6 Å². The quantitative estimate of drug-likeness (QED) is 0.836. The van der Waals surface area contributed by atoms with Gasteiger partial charge in [-0.1, -0.05) is 0 Å². The molecule has 0 aliphatic carbocycles. The number of carbonyl (C=O) groups is 1. The zero-order valence-electron chi connectivity index (χ0n) is 13.7. The highest BCUT2D eigenvalue weighted by atomic mass is 16.2. The molecular weight excluding hydrogens is 276 g/mol. The summed E-state index contributed by atoms with van der Waals surface area (Å²) < 4.78 is 1.87. The van der Waals surface area contributed by atoms with Crippen LogP contribution >= 0.6 is 0 Å². The first-order chi connectivity index (χ1) is 10.7. The van der Waals surface area contributed by atoms with Gasteiger partial charge in [0.1, 0.15) is 0 Å². The molecule has 2 aliphatic heterocycles. The lowest BCUT2D eigenvalue weighted by Crippen LogP contribution is -2.35. The smallest absolute Gasteiger partial charge is 0.222 e. The summed E-state index contributed by atoms with van der Waals surface area (Å²) in [5, 5.41) is 4.24.